The number of anilines is 2. The second-order valence-electron chi connectivity index (χ2n) is 10.6. The first-order valence-corrected chi connectivity index (χ1v) is 13.7. The Bertz CT molecular complexity index is 1220. The van der Waals surface area contributed by atoms with Crippen molar-refractivity contribution < 1.29 is 9.21 Å². The topological polar surface area (TPSA) is 60.8 Å². The summed E-state index contributed by atoms with van der Waals surface area (Å²) in [7, 11) is 0. The van der Waals surface area contributed by atoms with Gasteiger partial charge in [-0.1, -0.05) is 18.2 Å². The minimum Gasteiger partial charge on any atom is -0.464 e. The van der Waals surface area contributed by atoms with Crippen molar-refractivity contribution in [2.45, 2.75) is 52.5 Å². The molecule has 0 bridgehead atoms. The fraction of sp³-hybridized carbons (Fsp3) is 0.452. The van der Waals surface area contributed by atoms with Crippen LogP contribution in [0.4, 0.5) is 11.4 Å². The van der Waals surface area contributed by atoms with Crippen molar-refractivity contribution in [1.82, 2.24) is 10.6 Å². The van der Waals surface area contributed by atoms with Crippen LogP contribution in [0.5, 0.6) is 0 Å². The van der Waals surface area contributed by atoms with Crippen LogP contribution in [0.3, 0.4) is 0 Å². The summed E-state index contributed by atoms with van der Waals surface area (Å²) in [4.78, 5) is 18.4. The number of piperidine rings is 1. The van der Waals surface area contributed by atoms with Gasteiger partial charge in [0, 0.05) is 56.2 Å². The number of hydrogen-bond acceptors (Lipinski definition) is 5. The molecule has 1 atom stereocenters. The van der Waals surface area contributed by atoms with Gasteiger partial charge in [-0.15, -0.1) is 0 Å². The number of hydrogen-bond donors (Lipinski definition) is 2. The number of rotatable bonds is 7. The van der Waals surface area contributed by atoms with Gasteiger partial charge in [0.2, 0.25) is 5.91 Å². The largest absolute Gasteiger partial charge is 0.464 e. The second-order valence-corrected chi connectivity index (χ2v) is 10.6. The molecule has 3 heterocycles. The number of carbonyl (C=O) groups is 1. The third kappa shape index (κ3) is 6.02. The van der Waals surface area contributed by atoms with Crippen LogP contribution in [0, 0.1) is 20.8 Å². The second kappa shape index (κ2) is 11.4. The molecule has 0 radical (unpaired) electrons. The summed E-state index contributed by atoms with van der Waals surface area (Å²) in [5.74, 6) is 1.63. The van der Waals surface area contributed by atoms with Gasteiger partial charge in [0.25, 0.3) is 0 Å². The quantitative estimate of drug-likeness (QED) is 0.475. The Labute approximate surface area is 221 Å². The molecule has 0 spiro atoms. The molecule has 5 rings (SSSR count). The van der Waals surface area contributed by atoms with Gasteiger partial charge in [0.05, 0.1) is 6.42 Å². The lowest BCUT2D eigenvalue weighted by Crippen LogP contribution is -2.43. The fourth-order valence-electron chi connectivity index (χ4n) is 5.57. The van der Waals surface area contributed by atoms with Gasteiger partial charge in [-0.3, -0.25) is 4.79 Å². The lowest BCUT2D eigenvalue weighted by Gasteiger charge is -2.33. The van der Waals surface area contributed by atoms with E-state index in [0.717, 1.165) is 67.5 Å². The normalized spacial score (nSPS) is 17.1. The summed E-state index contributed by atoms with van der Waals surface area (Å²) in [6, 6.07) is 16.7. The first-order chi connectivity index (χ1) is 18.0. The molecular formula is C31H40N4O2. The molecule has 2 fully saturated rings. The van der Waals surface area contributed by atoms with E-state index >= 15 is 0 Å². The van der Waals surface area contributed by atoms with Crippen LogP contribution in [0.2, 0.25) is 0 Å². The van der Waals surface area contributed by atoms with E-state index < -0.39 is 0 Å². The van der Waals surface area contributed by atoms with Crippen LogP contribution >= 0.6 is 0 Å². The van der Waals surface area contributed by atoms with Crippen LogP contribution in [0.25, 0.3) is 0 Å². The number of furan rings is 1. The third-order valence-corrected chi connectivity index (χ3v) is 7.71. The molecule has 1 amide bonds. The zero-order chi connectivity index (χ0) is 25.8. The lowest BCUT2D eigenvalue weighted by molar-refractivity contribution is -0.121. The standard InChI is InChI=1S/C31H40N4O2/c1-22-7-11-27(28(19-22)35-15-5-4-6-16-35)31(29-12-9-24(3)37-29)33-30(36)21-25-20-26(10-8-23(25)2)34-17-13-32-14-18-34/h7-12,19-20,31-32H,4-6,13-18,21H2,1-3H3,(H,33,36). The first-order valence-electron chi connectivity index (χ1n) is 13.7. The van der Waals surface area contributed by atoms with E-state index in [2.05, 4.69) is 70.7 Å². The van der Waals surface area contributed by atoms with E-state index in [1.165, 1.54) is 36.2 Å². The van der Waals surface area contributed by atoms with E-state index in [-0.39, 0.29) is 11.9 Å². The molecule has 6 heteroatoms. The number of carbonyl (C=O) groups excluding carboxylic acids is 1. The average Bonchev–Trinajstić information content (AvgIpc) is 3.35. The molecule has 2 aliphatic rings. The monoisotopic (exact) mass is 500 g/mol. The molecule has 6 nitrogen and oxygen atoms in total. The van der Waals surface area contributed by atoms with Crippen molar-refractivity contribution >= 4 is 17.3 Å². The minimum absolute atomic E-state index is 0.00443. The molecule has 2 N–H and O–H groups in total. The van der Waals surface area contributed by atoms with Crippen molar-refractivity contribution in [1.29, 1.82) is 0 Å². The number of nitrogens with zero attached hydrogens (tertiary/aromatic N) is 2. The lowest BCUT2D eigenvalue weighted by atomic mass is 9.97. The smallest absolute Gasteiger partial charge is 0.225 e. The number of amides is 1. The molecule has 1 aromatic heterocycles. The van der Waals surface area contributed by atoms with Gasteiger partial charge < -0.3 is 24.9 Å². The molecule has 0 saturated carbocycles. The van der Waals surface area contributed by atoms with Crippen LogP contribution in [-0.4, -0.2) is 45.2 Å². The van der Waals surface area contributed by atoms with E-state index in [9.17, 15) is 4.79 Å². The Kier molecular flexibility index (Phi) is 7.85. The maximum Gasteiger partial charge on any atom is 0.225 e. The molecule has 3 aromatic rings. The van der Waals surface area contributed by atoms with Crippen LogP contribution in [0.1, 0.15) is 59.1 Å². The molecule has 1 unspecified atom stereocenters. The zero-order valence-electron chi connectivity index (χ0n) is 22.5. The summed E-state index contributed by atoms with van der Waals surface area (Å²) in [6.45, 7) is 12.2. The highest BCUT2D eigenvalue weighted by Gasteiger charge is 2.26. The van der Waals surface area contributed by atoms with E-state index in [0.29, 0.717) is 6.42 Å². The van der Waals surface area contributed by atoms with Crippen molar-refractivity contribution in [2.24, 2.45) is 0 Å². The van der Waals surface area contributed by atoms with Crippen LogP contribution in [-0.2, 0) is 11.2 Å². The Morgan fingerprint density at radius 2 is 1.70 bits per heavy atom. The van der Waals surface area contributed by atoms with Crippen molar-refractivity contribution in [2.75, 3.05) is 49.1 Å². The van der Waals surface area contributed by atoms with Crippen molar-refractivity contribution in [3.05, 3.63) is 82.3 Å². The highest BCUT2D eigenvalue weighted by molar-refractivity contribution is 5.80. The molecule has 2 aromatic carbocycles. The first kappa shape index (κ1) is 25.4. The van der Waals surface area contributed by atoms with Crippen molar-refractivity contribution in [3.8, 4) is 0 Å². The maximum atomic E-state index is 13.6. The van der Waals surface area contributed by atoms with Gasteiger partial charge >= 0.3 is 0 Å². The summed E-state index contributed by atoms with van der Waals surface area (Å²) < 4.78 is 6.10. The molecule has 0 aliphatic carbocycles. The number of benzene rings is 2. The SMILES string of the molecule is Cc1ccc(C(NC(=O)Cc2cc(N3CCNCC3)ccc2C)c2ccc(C)o2)c(N2CCCCC2)c1. The molecule has 2 saturated heterocycles. The predicted octanol–water partition coefficient (Wildman–Crippen LogP) is 5.05. The van der Waals surface area contributed by atoms with Gasteiger partial charge in [-0.25, -0.2) is 0 Å². The van der Waals surface area contributed by atoms with Gasteiger partial charge in [-0.2, -0.15) is 0 Å². The Balaban J connectivity index is 1.42. The van der Waals surface area contributed by atoms with Crippen LogP contribution in [0.15, 0.2) is 52.9 Å². The summed E-state index contributed by atoms with van der Waals surface area (Å²) in [6.07, 6.45) is 4.02. The van der Waals surface area contributed by atoms with Gasteiger partial charge in [0.1, 0.15) is 17.6 Å². The van der Waals surface area contributed by atoms with Gasteiger partial charge in [-0.05, 0) is 87.1 Å². The highest BCUT2D eigenvalue weighted by atomic mass is 16.3. The fourth-order valence-corrected chi connectivity index (χ4v) is 5.57. The maximum absolute atomic E-state index is 13.6. The minimum atomic E-state index is -0.338. The molecule has 196 valence electrons. The van der Waals surface area contributed by atoms with Crippen molar-refractivity contribution in [3.63, 3.8) is 0 Å². The number of aryl methyl sites for hydroxylation is 3. The molecule has 37 heavy (non-hydrogen) atoms. The van der Waals surface area contributed by atoms with Gasteiger partial charge in [0.15, 0.2) is 0 Å². The molecule has 2 aliphatic heterocycles. The van der Waals surface area contributed by atoms with E-state index in [1.807, 2.05) is 19.1 Å². The summed E-state index contributed by atoms with van der Waals surface area (Å²) in [5.41, 5.74) is 6.94. The highest BCUT2D eigenvalue weighted by Crippen LogP contribution is 2.34. The Morgan fingerprint density at radius 3 is 2.43 bits per heavy atom. The average molecular weight is 501 g/mol. The molecular weight excluding hydrogens is 460 g/mol. The van der Waals surface area contributed by atoms with E-state index in [1.54, 1.807) is 0 Å². The summed E-state index contributed by atoms with van der Waals surface area (Å²) >= 11 is 0. The van der Waals surface area contributed by atoms with Crippen LogP contribution < -0.4 is 20.4 Å². The predicted molar refractivity (Wildman–Crippen MR) is 151 cm³/mol. The Hall–Kier alpha value is -3.25. The van der Waals surface area contributed by atoms with E-state index in [4.69, 9.17) is 4.42 Å². The zero-order valence-corrected chi connectivity index (χ0v) is 22.5. The third-order valence-electron chi connectivity index (χ3n) is 7.71. The number of piperazine rings is 1. The number of nitrogens with one attached hydrogen (secondary N) is 2. The summed E-state index contributed by atoms with van der Waals surface area (Å²) in [5, 5.41) is 6.76. The Morgan fingerprint density at radius 1 is 0.919 bits per heavy atom.